The van der Waals surface area contributed by atoms with E-state index in [0.717, 1.165) is 29.0 Å². The molecule has 1 fully saturated rings. The quantitative estimate of drug-likeness (QED) is 0.869. The van der Waals surface area contributed by atoms with Crippen molar-refractivity contribution in [1.29, 1.82) is 0 Å². The zero-order chi connectivity index (χ0) is 14.5. The second-order valence-electron chi connectivity index (χ2n) is 5.94. The summed E-state index contributed by atoms with van der Waals surface area (Å²) in [6, 6.07) is 6.66. The highest BCUT2D eigenvalue weighted by molar-refractivity contribution is 5.55. The van der Waals surface area contributed by atoms with Gasteiger partial charge in [-0.25, -0.2) is 0 Å². The Balaban J connectivity index is 2.07. The van der Waals surface area contributed by atoms with Crippen LogP contribution in [0.25, 0.3) is 0 Å². The van der Waals surface area contributed by atoms with Gasteiger partial charge in [0.15, 0.2) is 11.5 Å². The first-order chi connectivity index (χ1) is 9.63. The lowest BCUT2D eigenvalue weighted by atomic mass is 9.80. The molecule has 20 heavy (non-hydrogen) atoms. The molecule has 0 radical (unpaired) electrons. The van der Waals surface area contributed by atoms with Gasteiger partial charge in [-0.15, -0.1) is 0 Å². The maximum atomic E-state index is 5.64. The second kappa shape index (κ2) is 6.87. The molecule has 1 N–H and O–H groups in total. The van der Waals surface area contributed by atoms with Gasteiger partial charge in [-0.3, -0.25) is 0 Å². The van der Waals surface area contributed by atoms with Crippen molar-refractivity contribution >= 4 is 5.69 Å². The monoisotopic (exact) mass is 277 g/mol. The normalized spacial score (nSPS) is 26.1. The Kier molecular flexibility index (Phi) is 5.16. The van der Waals surface area contributed by atoms with Gasteiger partial charge in [-0.05, 0) is 50.2 Å². The fourth-order valence-electron chi connectivity index (χ4n) is 3.13. The highest BCUT2D eigenvalue weighted by Gasteiger charge is 2.25. The van der Waals surface area contributed by atoms with Crippen LogP contribution in [0.15, 0.2) is 18.2 Å². The minimum absolute atomic E-state index is 0.564. The van der Waals surface area contributed by atoms with E-state index in [1.807, 2.05) is 19.1 Å². The van der Waals surface area contributed by atoms with E-state index in [1.165, 1.54) is 19.3 Å². The molecule has 0 spiro atoms. The highest BCUT2D eigenvalue weighted by Crippen LogP contribution is 2.34. The number of rotatable bonds is 5. The van der Waals surface area contributed by atoms with Gasteiger partial charge in [0.25, 0.3) is 0 Å². The van der Waals surface area contributed by atoms with Crippen molar-refractivity contribution in [2.45, 2.75) is 46.1 Å². The van der Waals surface area contributed by atoms with Crippen molar-refractivity contribution in [3.63, 3.8) is 0 Å². The van der Waals surface area contributed by atoms with Crippen LogP contribution in [0, 0.1) is 11.8 Å². The number of ether oxygens (including phenoxy) is 2. The van der Waals surface area contributed by atoms with Crippen LogP contribution < -0.4 is 14.8 Å². The van der Waals surface area contributed by atoms with Gasteiger partial charge in [-0.1, -0.05) is 13.8 Å². The largest absolute Gasteiger partial charge is 0.493 e. The molecule has 0 amide bonds. The van der Waals surface area contributed by atoms with Crippen LogP contribution in [0.1, 0.15) is 40.0 Å². The lowest BCUT2D eigenvalue weighted by Crippen LogP contribution is -2.32. The first-order valence-corrected chi connectivity index (χ1v) is 7.71. The molecule has 1 aromatic rings. The summed E-state index contributed by atoms with van der Waals surface area (Å²) in [4.78, 5) is 0. The van der Waals surface area contributed by atoms with Crippen LogP contribution >= 0.6 is 0 Å². The SMILES string of the molecule is CCOc1cc(NC2CCC(C)CC2C)ccc1OC. The minimum Gasteiger partial charge on any atom is -0.493 e. The Bertz CT molecular complexity index is 433. The standard InChI is InChI=1S/C17H27NO2/c1-5-20-17-11-14(7-9-16(17)19-4)18-15-8-6-12(2)10-13(15)3/h7,9,11-13,15,18H,5-6,8,10H2,1-4H3. The third-order valence-corrected chi connectivity index (χ3v) is 4.25. The van der Waals surface area contributed by atoms with Crippen LogP contribution in [-0.4, -0.2) is 19.8 Å². The molecule has 3 heteroatoms. The minimum atomic E-state index is 0.564. The van der Waals surface area contributed by atoms with Gasteiger partial charge < -0.3 is 14.8 Å². The molecule has 3 nitrogen and oxygen atoms in total. The summed E-state index contributed by atoms with van der Waals surface area (Å²) >= 11 is 0. The summed E-state index contributed by atoms with van der Waals surface area (Å²) in [5.41, 5.74) is 1.13. The Morgan fingerprint density at radius 1 is 1.20 bits per heavy atom. The second-order valence-corrected chi connectivity index (χ2v) is 5.94. The van der Waals surface area contributed by atoms with Gasteiger partial charge in [0.05, 0.1) is 13.7 Å². The fraction of sp³-hybridized carbons (Fsp3) is 0.647. The third-order valence-electron chi connectivity index (χ3n) is 4.25. The molecule has 0 saturated heterocycles. The topological polar surface area (TPSA) is 30.5 Å². The molecule has 0 aromatic heterocycles. The van der Waals surface area contributed by atoms with Crippen molar-refractivity contribution < 1.29 is 9.47 Å². The molecule has 1 aliphatic carbocycles. The Morgan fingerprint density at radius 2 is 2.00 bits per heavy atom. The van der Waals surface area contributed by atoms with Crippen molar-refractivity contribution in [2.24, 2.45) is 11.8 Å². The molecular formula is C17H27NO2. The molecule has 3 unspecified atom stereocenters. The molecule has 1 aliphatic rings. The molecule has 2 rings (SSSR count). The molecule has 1 saturated carbocycles. The zero-order valence-corrected chi connectivity index (χ0v) is 13.1. The lowest BCUT2D eigenvalue weighted by molar-refractivity contribution is 0.276. The van der Waals surface area contributed by atoms with Gasteiger partial charge >= 0.3 is 0 Å². The first kappa shape index (κ1) is 15.0. The number of hydrogen-bond donors (Lipinski definition) is 1. The Hall–Kier alpha value is -1.38. The van der Waals surface area contributed by atoms with E-state index in [9.17, 15) is 0 Å². The van der Waals surface area contributed by atoms with E-state index in [4.69, 9.17) is 9.47 Å². The predicted octanol–water partition coefficient (Wildman–Crippen LogP) is 4.33. The smallest absolute Gasteiger partial charge is 0.163 e. The number of methoxy groups -OCH3 is 1. The van der Waals surface area contributed by atoms with Crippen molar-refractivity contribution in [3.05, 3.63) is 18.2 Å². The van der Waals surface area contributed by atoms with Gasteiger partial charge in [0, 0.05) is 17.8 Å². The number of benzene rings is 1. The molecule has 0 aliphatic heterocycles. The lowest BCUT2D eigenvalue weighted by Gasteiger charge is -2.34. The van der Waals surface area contributed by atoms with Crippen LogP contribution in [0.2, 0.25) is 0 Å². The van der Waals surface area contributed by atoms with Gasteiger partial charge in [-0.2, -0.15) is 0 Å². The molecule has 0 heterocycles. The van der Waals surface area contributed by atoms with Crippen LogP contribution in [0.3, 0.4) is 0 Å². The maximum absolute atomic E-state index is 5.64. The first-order valence-electron chi connectivity index (χ1n) is 7.71. The Labute approximate surface area is 122 Å². The van der Waals surface area contributed by atoms with E-state index < -0.39 is 0 Å². The van der Waals surface area contributed by atoms with Gasteiger partial charge in [0.1, 0.15) is 0 Å². The number of hydrogen-bond acceptors (Lipinski definition) is 3. The van der Waals surface area contributed by atoms with Crippen molar-refractivity contribution in [2.75, 3.05) is 19.0 Å². The molecule has 3 atom stereocenters. The van der Waals surface area contributed by atoms with E-state index in [0.29, 0.717) is 12.6 Å². The average molecular weight is 277 g/mol. The predicted molar refractivity (Wildman–Crippen MR) is 83.8 cm³/mol. The van der Waals surface area contributed by atoms with E-state index in [-0.39, 0.29) is 0 Å². The van der Waals surface area contributed by atoms with E-state index in [2.05, 4.69) is 25.2 Å². The highest BCUT2D eigenvalue weighted by atomic mass is 16.5. The number of anilines is 1. The van der Waals surface area contributed by atoms with E-state index >= 15 is 0 Å². The van der Waals surface area contributed by atoms with Crippen LogP contribution in [0.5, 0.6) is 11.5 Å². The van der Waals surface area contributed by atoms with Crippen LogP contribution in [0.4, 0.5) is 5.69 Å². The number of nitrogens with one attached hydrogen (secondary N) is 1. The van der Waals surface area contributed by atoms with E-state index in [1.54, 1.807) is 7.11 Å². The van der Waals surface area contributed by atoms with Crippen LogP contribution in [-0.2, 0) is 0 Å². The summed E-state index contributed by atoms with van der Waals surface area (Å²) in [6.07, 6.45) is 3.88. The maximum Gasteiger partial charge on any atom is 0.163 e. The third kappa shape index (κ3) is 3.59. The summed E-state index contributed by atoms with van der Waals surface area (Å²) in [7, 11) is 1.68. The van der Waals surface area contributed by atoms with Crippen molar-refractivity contribution in [1.82, 2.24) is 0 Å². The molecule has 0 bridgehead atoms. The summed E-state index contributed by atoms with van der Waals surface area (Å²) in [5, 5.41) is 3.67. The van der Waals surface area contributed by atoms with Crippen molar-refractivity contribution in [3.8, 4) is 11.5 Å². The molecular weight excluding hydrogens is 250 g/mol. The summed E-state index contributed by atoms with van der Waals surface area (Å²) in [6.45, 7) is 7.34. The summed E-state index contributed by atoms with van der Waals surface area (Å²) < 4.78 is 11.0. The molecule has 112 valence electrons. The Morgan fingerprint density at radius 3 is 2.65 bits per heavy atom. The fourth-order valence-corrected chi connectivity index (χ4v) is 3.13. The average Bonchev–Trinajstić information content (AvgIpc) is 2.43. The van der Waals surface area contributed by atoms with Gasteiger partial charge in [0.2, 0.25) is 0 Å². The summed E-state index contributed by atoms with van der Waals surface area (Å²) in [5.74, 6) is 3.19. The zero-order valence-electron chi connectivity index (χ0n) is 13.1. The molecule has 1 aromatic carbocycles.